The first-order valence-corrected chi connectivity index (χ1v) is 8.91. The maximum Gasteiger partial charge on any atom is 0.295 e. The Balaban J connectivity index is 1.47. The minimum absolute atomic E-state index is 0.396. The van der Waals surface area contributed by atoms with Crippen molar-refractivity contribution in [2.75, 3.05) is 31.1 Å². The third-order valence-electron chi connectivity index (χ3n) is 4.77. The Hall–Kier alpha value is -2.79. The molecule has 1 fully saturated rings. The van der Waals surface area contributed by atoms with Crippen LogP contribution in [0.1, 0.15) is 10.4 Å². The Morgan fingerprint density at radius 3 is 2.42 bits per heavy atom. The average Bonchev–Trinajstić information content (AvgIpc) is 3.10. The Morgan fingerprint density at radius 2 is 1.69 bits per heavy atom. The number of aromatic amines is 1. The predicted molar refractivity (Wildman–Crippen MR) is 103 cm³/mol. The fourth-order valence-corrected chi connectivity index (χ4v) is 3.52. The number of piperazine rings is 1. The molecule has 5 nitrogen and oxygen atoms in total. The van der Waals surface area contributed by atoms with Gasteiger partial charge in [-0.25, -0.2) is 0 Å². The van der Waals surface area contributed by atoms with E-state index in [1.807, 2.05) is 18.2 Å². The molecule has 0 radical (unpaired) electrons. The second-order valence-corrected chi connectivity index (χ2v) is 6.77. The molecular weight excluding hydrogens is 350 g/mol. The number of fused-ring (bicyclic) bond motifs is 1. The largest absolute Gasteiger partial charge is 0.368 e. The predicted octanol–water partition coefficient (Wildman–Crippen LogP) is 3.35. The summed E-state index contributed by atoms with van der Waals surface area (Å²) >= 11 is 5.97. The standard InChI is InChI=1S/C20H18ClN3O2/c21-14-6-7-16-17(13-22-18(16)12-14)19(25)20(26)24-10-8-23(9-11-24)15-4-2-1-3-5-15/h1-7,12-13,22H,8-11H2. The van der Waals surface area contributed by atoms with Crippen molar-refractivity contribution in [3.05, 3.63) is 65.3 Å². The molecule has 26 heavy (non-hydrogen) atoms. The van der Waals surface area contributed by atoms with Crippen LogP contribution in [-0.2, 0) is 4.79 Å². The van der Waals surface area contributed by atoms with Gasteiger partial charge in [0.1, 0.15) is 0 Å². The summed E-state index contributed by atoms with van der Waals surface area (Å²) in [7, 11) is 0. The number of carbonyl (C=O) groups is 2. The second kappa shape index (κ2) is 6.84. The summed E-state index contributed by atoms with van der Waals surface area (Å²) in [5.41, 5.74) is 2.29. The van der Waals surface area contributed by atoms with E-state index < -0.39 is 11.7 Å². The average molecular weight is 368 g/mol. The van der Waals surface area contributed by atoms with Gasteiger partial charge in [-0.05, 0) is 24.3 Å². The number of aromatic nitrogens is 1. The lowest BCUT2D eigenvalue weighted by molar-refractivity contribution is -0.126. The van der Waals surface area contributed by atoms with E-state index in [1.165, 1.54) is 0 Å². The number of amides is 1. The molecule has 1 aromatic heterocycles. The Bertz CT molecular complexity index is 960. The Morgan fingerprint density at radius 1 is 0.962 bits per heavy atom. The summed E-state index contributed by atoms with van der Waals surface area (Å²) in [6.45, 7) is 2.50. The fraction of sp³-hybridized carbons (Fsp3) is 0.200. The van der Waals surface area contributed by atoms with Gasteiger partial charge in [0, 0.05) is 54.0 Å². The molecule has 2 heterocycles. The van der Waals surface area contributed by atoms with Crippen molar-refractivity contribution >= 4 is 39.9 Å². The molecule has 0 aliphatic carbocycles. The summed E-state index contributed by atoms with van der Waals surface area (Å²) in [6, 6.07) is 15.3. The number of rotatable bonds is 3. The number of para-hydroxylation sites is 1. The number of hydrogen-bond donors (Lipinski definition) is 1. The van der Waals surface area contributed by atoms with Crippen molar-refractivity contribution < 1.29 is 9.59 Å². The molecule has 0 atom stereocenters. The minimum atomic E-state index is -0.480. The minimum Gasteiger partial charge on any atom is -0.368 e. The maximum atomic E-state index is 12.7. The van der Waals surface area contributed by atoms with E-state index in [1.54, 1.807) is 29.3 Å². The van der Waals surface area contributed by atoms with Gasteiger partial charge < -0.3 is 14.8 Å². The highest BCUT2D eigenvalue weighted by atomic mass is 35.5. The molecule has 1 N–H and O–H groups in total. The number of Topliss-reactive ketones (excluding diaryl/α,β-unsaturated/α-hetero) is 1. The molecular formula is C20H18ClN3O2. The number of benzene rings is 2. The third-order valence-corrected chi connectivity index (χ3v) is 5.01. The summed E-state index contributed by atoms with van der Waals surface area (Å²) < 4.78 is 0. The zero-order chi connectivity index (χ0) is 18.1. The molecule has 2 aromatic carbocycles. The Labute approximate surface area is 156 Å². The van der Waals surface area contributed by atoms with Crippen molar-refractivity contribution in [2.45, 2.75) is 0 Å². The van der Waals surface area contributed by atoms with Gasteiger partial charge in [-0.3, -0.25) is 9.59 Å². The molecule has 4 rings (SSSR count). The topological polar surface area (TPSA) is 56.4 Å². The first kappa shape index (κ1) is 16.7. The van der Waals surface area contributed by atoms with Crippen LogP contribution in [0.2, 0.25) is 5.02 Å². The first-order valence-electron chi connectivity index (χ1n) is 8.54. The number of nitrogens with zero attached hydrogens (tertiary/aromatic N) is 2. The van der Waals surface area contributed by atoms with Crippen molar-refractivity contribution in [3.63, 3.8) is 0 Å². The van der Waals surface area contributed by atoms with Gasteiger partial charge in [-0.1, -0.05) is 35.9 Å². The molecule has 0 spiro atoms. The number of carbonyl (C=O) groups excluding carboxylic acids is 2. The molecule has 6 heteroatoms. The smallest absolute Gasteiger partial charge is 0.295 e. The number of hydrogen-bond acceptors (Lipinski definition) is 3. The van der Waals surface area contributed by atoms with Crippen LogP contribution in [0.15, 0.2) is 54.7 Å². The van der Waals surface area contributed by atoms with Crippen LogP contribution in [0.25, 0.3) is 10.9 Å². The van der Waals surface area contributed by atoms with Crippen LogP contribution in [0.4, 0.5) is 5.69 Å². The lowest BCUT2D eigenvalue weighted by Gasteiger charge is -2.35. The SMILES string of the molecule is O=C(C(=O)N1CCN(c2ccccc2)CC1)c1c[nH]c2cc(Cl)ccc12. The number of ketones is 1. The van der Waals surface area contributed by atoms with Crippen LogP contribution in [-0.4, -0.2) is 47.8 Å². The fourth-order valence-electron chi connectivity index (χ4n) is 3.35. The molecule has 132 valence electrons. The van der Waals surface area contributed by atoms with E-state index in [0.717, 1.165) is 16.6 Å². The molecule has 1 aliphatic rings. The lowest BCUT2D eigenvalue weighted by Crippen LogP contribution is -2.50. The molecule has 3 aromatic rings. The molecule has 1 aliphatic heterocycles. The van der Waals surface area contributed by atoms with Gasteiger partial charge in [0.05, 0.1) is 5.56 Å². The van der Waals surface area contributed by atoms with Crippen LogP contribution in [0.3, 0.4) is 0 Å². The van der Waals surface area contributed by atoms with Crippen LogP contribution < -0.4 is 4.90 Å². The molecule has 0 bridgehead atoms. The van der Waals surface area contributed by atoms with E-state index in [2.05, 4.69) is 22.0 Å². The third kappa shape index (κ3) is 3.06. The van der Waals surface area contributed by atoms with Crippen LogP contribution >= 0.6 is 11.6 Å². The van der Waals surface area contributed by atoms with Gasteiger partial charge in [0.15, 0.2) is 0 Å². The van der Waals surface area contributed by atoms with Crippen molar-refractivity contribution in [2.24, 2.45) is 0 Å². The summed E-state index contributed by atoms with van der Waals surface area (Å²) in [4.78, 5) is 32.2. The summed E-state index contributed by atoms with van der Waals surface area (Å²) in [5, 5.41) is 1.30. The van der Waals surface area contributed by atoms with Crippen LogP contribution in [0, 0.1) is 0 Å². The zero-order valence-electron chi connectivity index (χ0n) is 14.1. The quantitative estimate of drug-likeness (QED) is 0.570. The van der Waals surface area contributed by atoms with E-state index in [-0.39, 0.29) is 0 Å². The lowest BCUT2D eigenvalue weighted by atomic mass is 10.1. The monoisotopic (exact) mass is 367 g/mol. The molecule has 1 amide bonds. The van der Waals surface area contributed by atoms with Gasteiger partial charge in [-0.15, -0.1) is 0 Å². The number of anilines is 1. The van der Waals surface area contributed by atoms with Crippen molar-refractivity contribution in [1.82, 2.24) is 9.88 Å². The number of nitrogens with one attached hydrogen (secondary N) is 1. The van der Waals surface area contributed by atoms with E-state index in [0.29, 0.717) is 36.8 Å². The maximum absolute atomic E-state index is 12.7. The van der Waals surface area contributed by atoms with Gasteiger partial charge in [0.25, 0.3) is 11.7 Å². The van der Waals surface area contributed by atoms with E-state index in [4.69, 9.17) is 11.6 Å². The molecule has 0 saturated carbocycles. The van der Waals surface area contributed by atoms with E-state index in [9.17, 15) is 9.59 Å². The summed E-state index contributed by atoms with van der Waals surface area (Å²) in [6.07, 6.45) is 1.58. The second-order valence-electron chi connectivity index (χ2n) is 6.34. The number of H-pyrrole nitrogens is 1. The molecule has 0 unspecified atom stereocenters. The van der Waals surface area contributed by atoms with Crippen LogP contribution in [0.5, 0.6) is 0 Å². The highest BCUT2D eigenvalue weighted by molar-refractivity contribution is 6.45. The van der Waals surface area contributed by atoms with Crippen molar-refractivity contribution in [1.29, 1.82) is 0 Å². The first-order chi connectivity index (χ1) is 12.6. The normalized spacial score (nSPS) is 14.7. The molecule has 1 saturated heterocycles. The van der Waals surface area contributed by atoms with E-state index >= 15 is 0 Å². The van der Waals surface area contributed by atoms with Gasteiger partial charge in [0.2, 0.25) is 0 Å². The number of halogens is 1. The highest BCUT2D eigenvalue weighted by Gasteiger charge is 2.28. The zero-order valence-corrected chi connectivity index (χ0v) is 14.9. The van der Waals surface area contributed by atoms with Crippen molar-refractivity contribution in [3.8, 4) is 0 Å². The summed E-state index contributed by atoms with van der Waals surface area (Å²) in [5.74, 6) is -0.930. The van der Waals surface area contributed by atoms with Gasteiger partial charge >= 0.3 is 0 Å². The Kier molecular flexibility index (Phi) is 4.39. The van der Waals surface area contributed by atoms with Gasteiger partial charge in [-0.2, -0.15) is 0 Å². The highest BCUT2D eigenvalue weighted by Crippen LogP contribution is 2.23.